The van der Waals surface area contributed by atoms with Crippen molar-refractivity contribution in [3.63, 3.8) is 0 Å². The summed E-state index contributed by atoms with van der Waals surface area (Å²) in [6, 6.07) is 8.30. The largest absolute Gasteiger partial charge is 0.394 e. The highest BCUT2D eigenvalue weighted by atomic mass is 16.5. The maximum atomic E-state index is 14.2. The molecule has 2 bridgehead atoms. The van der Waals surface area contributed by atoms with Crippen LogP contribution in [-0.4, -0.2) is 64.2 Å². The SMILES string of the molecule is CCCCNC(=O)C1N([C@@H](CO)CC(C)C)C(=O)[C@@H]2[C@@H](C(=O)NCc3ccccc3)[C@@]3(CC)CCC12O3. The average molecular weight is 514 g/mol. The topological polar surface area (TPSA) is 108 Å². The van der Waals surface area contributed by atoms with E-state index in [1.54, 1.807) is 4.90 Å². The molecule has 0 aliphatic carbocycles. The number of hydrogen-bond donors (Lipinski definition) is 3. The maximum Gasteiger partial charge on any atom is 0.245 e. The van der Waals surface area contributed by atoms with Crippen molar-refractivity contribution in [2.75, 3.05) is 13.2 Å². The second-order valence-electron chi connectivity index (χ2n) is 11.4. The molecule has 3 N–H and O–H groups in total. The molecule has 37 heavy (non-hydrogen) atoms. The van der Waals surface area contributed by atoms with Gasteiger partial charge in [-0.15, -0.1) is 0 Å². The Hall–Kier alpha value is -2.45. The molecule has 1 aromatic rings. The highest BCUT2D eigenvalue weighted by molar-refractivity contribution is 5.99. The van der Waals surface area contributed by atoms with Crippen LogP contribution in [0.25, 0.3) is 0 Å². The van der Waals surface area contributed by atoms with Crippen LogP contribution in [0, 0.1) is 17.8 Å². The van der Waals surface area contributed by atoms with Crippen LogP contribution in [0.5, 0.6) is 0 Å². The minimum absolute atomic E-state index is 0.206. The standard InChI is InChI=1S/C29H43N3O5/c1-5-7-15-30-26(35)24-29-14-13-28(6-2,37-29)22(25(34)31-17-20-11-9-8-10-12-20)23(29)27(36)32(24)21(18-33)16-19(3)4/h8-12,19,21-24,33H,5-7,13-18H2,1-4H3,(H,30,35)(H,31,34)/t21-,22+,23+,24?,28-,29?/m1/s1. The zero-order chi connectivity index (χ0) is 26.8. The maximum absolute atomic E-state index is 14.2. The first-order chi connectivity index (χ1) is 17.7. The van der Waals surface area contributed by atoms with Crippen LogP contribution >= 0.6 is 0 Å². The third-order valence-electron chi connectivity index (χ3n) is 8.64. The number of aliphatic hydroxyl groups excluding tert-OH is 1. The highest BCUT2D eigenvalue weighted by Crippen LogP contribution is 2.64. The van der Waals surface area contributed by atoms with Crippen LogP contribution in [0.3, 0.4) is 0 Å². The fourth-order valence-corrected chi connectivity index (χ4v) is 6.95. The van der Waals surface area contributed by atoms with Crippen molar-refractivity contribution in [2.45, 2.75) is 96.1 Å². The van der Waals surface area contributed by atoms with E-state index in [2.05, 4.69) is 17.6 Å². The van der Waals surface area contributed by atoms with Crippen LogP contribution in [-0.2, 0) is 25.7 Å². The Bertz CT molecular complexity index is 985. The molecular formula is C29H43N3O5. The lowest BCUT2D eigenvalue weighted by atomic mass is 9.65. The Kier molecular flexibility index (Phi) is 8.29. The van der Waals surface area contributed by atoms with E-state index in [0.29, 0.717) is 38.8 Å². The zero-order valence-corrected chi connectivity index (χ0v) is 22.7. The molecule has 3 amide bonds. The van der Waals surface area contributed by atoms with Crippen LogP contribution in [0.15, 0.2) is 30.3 Å². The van der Waals surface area contributed by atoms with Gasteiger partial charge in [-0.05, 0) is 43.6 Å². The van der Waals surface area contributed by atoms with Crippen LogP contribution in [0.2, 0.25) is 0 Å². The molecule has 4 rings (SSSR count). The van der Waals surface area contributed by atoms with E-state index in [1.807, 2.05) is 51.1 Å². The van der Waals surface area contributed by atoms with Gasteiger partial charge in [0.1, 0.15) is 11.6 Å². The monoisotopic (exact) mass is 513 g/mol. The molecule has 0 aromatic heterocycles. The third-order valence-corrected chi connectivity index (χ3v) is 8.64. The molecule has 6 atom stereocenters. The summed E-state index contributed by atoms with van der Waals surface area (Å²) in [5.41, 5.74) is -0.866. The predicted octanol–water partition coefficient (Wildman–Crippen LogP) is 2.78. The lowest BCUT2D eigenvalue weighted by Crippen LogP contribution is -2.58. The molecule has 3 aliphatic heterocycles. The summed E-state index contributed by atoms with van der Waals surface area (Å²) in [4.78, 5) is 43.3. The molecule has 1 aromatic carbocycles. The molecule has 3 fully saturated rings. The number of unbranched alkanes of at least 4 members (excludes halogenated alkanes) is 1. The Morgan fingerprint density at radius 3 is 2.49 bits per heavy atom. The molecule has 3 saturated heterocycles. The molecule has 0 saturated carbocycles. The number of carbonyl (C=O) groups excluding carboxylic acids is 3. The summed E-state index contributed by atoms with van der Waals surface area (Å²) in [5.74, 6) is -1.91. The molecule has 1 spiro atoms. The van der Waals surface area contributed by atoms with Gasteiger partial charge in [0.2, 0.25) is 17.7 Å². The molecule has 2 unspecified atom stereocenters. The number of hydrogen-bond acceptors (Lipinski definition) is 5. The van der Waals surface area contributed by atoms with Gasteiger partial charge in [-0.25, -0.2) is 0 Å². The number of aliphatic hydroxyl groups is 1. The third kappa shape index (κ3) is 4.78. The molecular weight excluding hydrogens is 470 g/mol. The Morgan fingerprint density at radius 1 is 1.14 bits per heavy atom. The summed E-state index contributed by atoms with van der Waals surface area (Å²) in [6.07, 6.45) is 4.09. The Balaban J connectivity index is 1.70. The van der Waals surface area contributed by atoms with Gasteiger partial charge < -0.3 is 25.4 Å². The van der Waals surface area contributed by atoms with Gasteiger partial charge in [0, 0.05) is 13.1 Å². The lowest BCUT2D eigenvalue weighted by Gasteiger charge is -2.38. The first-order valence-corrected chi connectivity index (χ1v) is 14.0. The normalized spacial score (nSPS) is 31.0. The number of nitrogens with one attached hydrogen (secondary N) is 2. The zero-order valence-electron chi connectivity index (χ0n) is 22.7. The second-order valence-corrected chi connectivity index (χ2v) is 11.4. The molecule has 3 aliphatic rings. The van der Waals surface area contributed by atoms with Crippen LogP contribution in [0.1, 0.15) is 71.8 Å². The smallest absolute Gasteiger partial charge is 0.245 e. The van der Waals surface area contributed by atoms with E-state index in [-0.39, 0.29) is 30.2 Å². The van der Waals surface area contributed by atoms with Gasteiger partial charge in [0.05, 0.1) is 30.1 Å². The molecule has 0 radical (unpaired) electrons. The quantitative estimate of drug-likeness (QED) is 0.373. The predicted molar refractivity (Wildman–Crippen MR) is 140 cm³/mol. The van der Waals surface area contributed by atoms with E-state index in [9.17, 15) is 19.5 Å². The van der Waals surface area contributed by atoms with E-state index < -0.39 is 35.1 Å². The number of benzene rings is 1. The Labute approximate surface area is 220 Å². The number of carbonyl (C=O) groups is 3. The van der Waals surface area contributed by atoms with Gasteiger partial charge in [0.25, 0.3) is 0 Å². The molecule has 204 valence electrons. The van der Waals surface area contributed by atoms with Crippen molar-refractivity contribution >= 4 is 17.7 Å². The van der Waals surface area contributed by atoms with Crippen molar-refractivity contribution in [1.82, 2.24) is 15.5 Å². The Morgan fingerprint density at radius 2 is 1.86 bits per heavy atom. The number of likely N-dealkylation sites (tertiary alicyclic amines) is 1. The highest BCUT2D eigenvalue weighted by Gasteiger charge is 2.79. The minimum Gasteiger partial charge on any atom is -0.394 e. The van der Waals surface area contributed by atoms with Crippen molar-refractivity contribution in [3.8, 4) is 0 Å². The van der Waals surface area contributed by atoms with Crippen LogP contribution in [0.4, 0.5) is 0 Å². The van der Waals surface area contributed by atoms with E-state index >= 15 is 0 Å². The molecule has 3 heterocycles. The second kappa shape index (κ2) is 11.1. The van der Waals surface area contributed by atoms with Gasteiger partial charge in [-0.1, -0.05) is 64.4 Å². The van der Waals surface area contributed by atoms with Crippen molar-refractivity contribution in [3.05, 3.63) is 35.9 Å². The van der Waals surface area contributed by atoms with E-state index in [4.69, 9.17) is 4.74 Å². The van der Waals surface area contributed by atoms with Crippen molar-refractivity contribution < 1.29 is 24.2 Å². The molecule has 8 heteroatoms. The summed E-state index contributed by atoms with van der Waals surface area (Å²) < 4.78 is 6.78. The number of fused-ring (bicyclic) bond motifs is 1. The number of rotatable bonds is 12. The number of nitrogens with zero attached hydrogens (tertiary/aromatic N) is 1. The van der Waals surface area contributed by atoms with E-state index in [1.165, 1.54) is 0 Å². The van der Waals surface area contributed by atoms with Gasteiger partial charge >= 0.3 is 0 Å². The van der Waals surface area contributed by atoms with Crippen molar-refractivity contribution in [1.29, 1.82) is 0 Å². The first kappa shape index (κ1) is 27.6. The fourth-order valence-electron chi connectivity index (χ4n) is 6.95. The average Bonchev–Trinajstić information content (AvgIpc) is 3.50. The number of amides is 3. The summed E-state index contributed by atoms with van der Waals surface area (Å²) >= 11 is 0. The van der Waals surface area contributed by atoms with Gasteiger partial charge in [-0.3, -0.25) is 14.4 Å². The molecule has 8 nitrogen and oxygen atoms in total. The summed E-state index contributed by atoms with van der Waals surface area (Å²) in [6.45, 7) is 8.76. The van der Waals surface area contributed by atoms with Crippen molar-refractivity contribution in [2.24, 2.45) is 17.8 Å². The van der Waals surface area contributed by atoms with E-state index in [0.717, 1.165) is 18.4 Å². The first-order valence-electron chi connectivity index (χ1n) is 14.0. The summed E-state index contributed by atoms with van der Waals surface area (Å²) in [5, 5.41) is 16.4. The number of ether oxygens (including phenoxy) is 1. The lowest BCUT2D eigenvalue weighted by molar-refractivity contribution is -0.151. The van der Waals surface area contributed by atoms with Gasteiger partial charge in [0.15, 0.2) is 0 Å². The minimum atomic E-state index is -1.07. The fraction of sp³-hybridized carbons (Fsp3) is 0.690. The summed E-state index contributed by atoms with van der Waals surface area (Å²) in [7, 11) is 0. The van der Waals surface area contributed by atoms with Crippen LogP contribution < -0.4 is 10.6 Å². The van der Waals surface area contributed by atoms with Gasteiger partial charge in [-0.2, -0.15) is 0 Å².